The quantitative estimate of drug-likeness (QED) is 0.893. The van der Waals surface area contributed by atoms with Gasteiger partial charge in [0.15, 0.2) is 0 Å². The molecule has 0 atom stereocenters. The predicted octanol–water partition coefficient (Wildman–Crippen LogP) is 4.31. The predicted molar refractivity (Wildman–Crippen MR) is 88.4 cm³/mol. The molecule has 0 saturated heterocycles. The minimum atomic E-state index is 0.744. The van der Waals surface area contributed by atoms with Gasteiger partial charge in [0.1, 0.15) is 11.5 Å². The van der Waals surface area contributed by atoms with Gasteiger partial charge in [0, 0.05) is 28.7 Å². The van der Waals surface area contributed by atoms with E-state index in [1.54, 1.807) is 7.11 Å². The molecule has 3 rings (SSSR count). The second-order valence-corrected chi connectivity index (χ2v) is 6.11. The molecule has 0 fully saturated rings. The van der Waals surface area contributed by atoms with E-state index in [1.807, 2.05) is 19.1 Å². The maximum Gasteiger partial charge on any atom is 0.127 e. The molecule has 0 amide bonds. The van der Waals surface area contributed by atoms with Gasteiger partial charge < -0.3 is 14.8 Å². The van der Waals surface area contributed by atoms with E-state index in [0.717, 1.165) is 46.8 Å². The van der Waals surface area contributed by atoms with E-state index < -0.39 is 0 Å². The summed E-state index contributed by atoms with van der Waals surface area (Å²) in [5.74, 6) is 1.95. The maximum absolute atomic E-state index is 5.75. The van der Waals surface area contributed by atoms with E-state index in [0.29, 0.717) is 0 Å². The van der Waals surface area contributed by atoms with Crippen LogP contribution in [0.1, 0.15) is 16.7 Å². The molecule has 0 aliphatic carbocycles. The van der Waals surface area contributed by atoms with Crippen LogP contribution < -0.4 is 14.8 Å². The topological polar surface area (TPSA) is 30.5 Å². The summed E-state index contributed by atoms with van der Waals surface area (Å²) in [4.78, 5) is 0. The molecule has 1 aliphatic rings. The standard InChI is InChI=1S/C17H18BrNO2/c1-11-7-15(3-4-16(11)20-2)19-10-13-9-14(18)8-12-5-6-21-17(12)13/h3-4,7-9,19H,5-6,10H2,1-2H3. The molecular weight excluding hydrogens is 330 g/mol. The van der Waals surface area contributed by atoms with E-state index in [2.05, 4.69) is 39.4 Å². The first-order valence-corrected chi connectivity index (χ1v) is 7.79. The van der Waals surface area contributed by atoms with Gasteiger partial charge in [-0.25, -0.2) is 0 Å². The summed E-state index contributed by atoms with van der Waals surface area (Å²) in [5, 5.41) is 3.45. The number of nitrogens with one attached hydrogen (secondary N) is 1. The average molecular weight is 348 g/mol. The van der Waals surface area contributed by atoms with Crippen LogP contribution in [0, 0.1) is 6.92 Å². The van der Waals surface area contributed by atoms with Gasteiger partial charge in [0.05, 0.1) is 13.7 Å². The van der Waals surface area contributed by atoms with Crippen LogP contribution in [-0.2, 0) is 13.0 Å². The van der Waals surface area contributed by atoms with E-state index in [4.69, 9.17) is 9.47 Å². The van der Waals surface area contributed by atoms with Gasteiger partial charge in [0.25, 0.3) is 0 Å². The van der Waals surface area contributed by atoms with Crippen LogP contribution in [-0.4, -0.2) is 13.7 Å². The summed E-state index contributed by atoms with van der Waals surface area (Å²) in [6, 6.07) is 10.4. The third kappa shape index (κ3) is 3.00. The summed E-state index contributed by atoms with van der Waals surface area (Å²) >= 11 is 3.57. The van der Waals surface area contributed by atoms with Gasteiger partial charge >= 0.3 is 0 Å². The Labute approximate surface area is 133 Å². The Balaban J connectivity index is 1.78. The van der Waals surface area contributed by atoms with Crippen molar-refractivity contribution in [3.63, 3.8) is 0 Å². The Bertz CT molecular complexity index is 670. The van der Waals surface area contributed by atoms with E-state index >= 15 is 0 Å². The van der Waals surface area contributed by atoms with Crippen molar-refractivity contribution in [2.45, 2.75) is 19.9 Å². The first-order chi connectivity index (χ1) is 10.2. The molecule has 4 heteroatoms. The van der Waals surface area contributed by atoms with Crippen molar-refractivity contribution in [3.8, 4) is 11.5 Å². The summed E-state index contributed by atoms with van der Waals surface area (Å²) in [5.41, 5.74) is 4.68. The molecule has 0 bridgehead atoms. The number of methoxy groups -OCH3 is 1. The van der Waals surface area contributed by atoms with Crippen LogP contribution in [0.5, 0.6) is 11.5 Å². The minimum Gasteiger partial charge on any atom is -0.496 e. The summed E-state index contributed by atoms with van der Waals surface area (Å²) in [6.45, 7) is 3.57. The molecule has 2 aromatic rings. The van der Waals surface area contributed by atoms with Crippen molar-refractivity contribution in [3.05, 3.63) is 51.5 Å². The van der Waals surface area contributed by atoms with Gasteiger partial charge in [-0.2, -0.15) is 0 Å². The van der Waals surface area contributed by atoms with Crippen LogP contribution in [0.4, 0.5) is 5.69 Å². The summed E-state index contributed by atoms with van der Waals surface area (Å²) in [6.07, 6.45) is 0.990. The van der Waals surface area contributed by atoms with Crippen LogP contribution in [0.25, 0.3) is 0 Å². The van der Waals surface area contributed by atoms with Gasteiger partial charge in [-0.05, 0) is 48.4 Å². The first kappa shape index (κ1) is 14.3. The maximum atomic E-state index is 5.75. The minimum absolute atomic E-state index is 0.744. The van der Waals surface area contributed by atoms with Crippen molar-refractivity contribution in [2.75, 3.05) is 19.0 Å². The monoisotopic (exact) mass is 347 g/mol. The lowest BCUT2D eigenvalue weighted by Crippen LogP contribution is -2.02. The van der Waals surface area contributed by atoms with Crippen LogP contribution >= 0.6 is 15.9 Å². The SMILES string of the molecule is COc1ccc(NCc2cc(Br)cc3c2OCC3)cc1C. The normalized spacial score (nSPS) is 12.7. The number of rotatable bonds is 4. The highest BCUT2D eigenvalue weighted by Crippen LogP contribution is 2.33. The second-order valence-electron chi connectivity index (χ2n) is 5.19. The smallest absolute Gasteiger partial charge is 0.127 e. The van der Waals surface area contributed by atoms with Gasteiger partial charge in [-0.3, -0.25) is 0 Å². The zero-order chi connectivity index (χ0) is 14.8. The number of hydrogen-bond acceptors (Lipinski definition) is 3. The van der Waals surface area contributed by atoms with Crippen molar-refractivity contribution < 1.29 is 9.47 Å². The molecule has 0 saturated carbocycles. The molecule has 2 aromatic carbocycles. The number of aryl methyl sites for hydroxylation is 1. The number of anilines is 1. The van der Waals surface area contributed by atoms with E-state index in [1.165, 1.54) is 11.1 Å². The lowest BCUT2D eigenvalue weighted by atomic mass is 10.1. The molecule has 0 spiro atoms. The van der Waals surface area contributed by atoms with E-state index in [9.17, 15) is 0 Å². The molecule has 110 valence electrons. The number of hydrogen-bond donors (Lipinski definition) is 1. The lowest BCUT2D eigenvalue weighted by Gasteiger charge is -2.12. The Morgan fingerprint density at radius 1 is 1.29 bits per heavy atom. The Morgan fingerprint density at radius 2 is 2.14 bits per heavy atom. The fraction of sp³-hybridized carbons (Fsp3) is 0.294. The number of fused-ring (bicyclic) bond motifs is 1. The fourth-order valence-electron chi connectivity index (χ4n) is 2.66. The Hall–Kier alpha value is -1.68. The fourth-order valence-corrected chi connectivity index (χ4v) is 3.22. The van der Waals surface area contributed by atoms with Crippen molar-refractivity contribution >= 4 is 21.6 Å². The van der Waals surface area contributed by atoms with Gasteiger partial charge in [-0.15, -0.1) is 0 Å². The Kier molecular flexibility index (Phi) is 4.06. The largest absolute Gasteiger partial charge is 0.496 e. The highest BCUT2D eigenvalue weighted by molar-refractivity contribution is 9.10. The van der Waals surface area contributed by atoms with Gasteiger partial charge in [0.2, 0.25) is 0 Å². The molecule has 0 radical (unpaired) electrons. The van der Waals surface area contributed by atoms with Crippen molar-refractivity contribution in [1.29, 1.82) is 0 Å². The third-order valence-electron chi connectivity index (χ3n) is 3.70. The molecule has 21 heavy (non-hydrogen) atoms. The third-order valence-corrected chi connectivity index (χ3v) is 4.16. The first-order valence-electron chi connectivity index (χ1n) is 7.00. The van der Waals surface area contributed by atoms with Crippen LogP contribution in [0.15, 0.2) is 34.8 Å². The van der Waals surface area contributed by atoms with Crippen LogP contribution in [0.3, 0.4) is 0 Å². The zero-order valence-electron chi connectivity index (χ0n) is 12.2. The van der Waals surface area contributed by atoms with Crippen molar-refractivity contribution in [1.82, 2.24) is 0 Å². The highest BCUT2D eigenvalue weighted by Gasteiger charge is 2.17. The number of ether oxygens (including phenoxy) is 2. The highest BCUT2D eigenvalue weighted by atomic mass is 79.9. The summed E-state index contributed by atoms with van der Waals surface area (Å²) < 4.78 is 12.1. The molecule has 1 N–H and O–H groups in total. The molecular formula is C17H18BrNO2. The lowest BCUT2D eigenvalue weighted by molar-refractivity contribution is 0.354. The van der Waals surface area contributed by atoms with Gasteiger partial charge in [-0.1, -0.05) is 15.9 Å². The summed E-state index contributed by atoms with van der Waals surface area (Å²) in [7, 11) is 1.69. The molecule has 0 aromatic heterocycles. The molecule has 0 unspecified atom stereocenters. The molecule has 1 heterocycles. The number of benzene rings is 2. The molecule has 1 aliphatic heterocycles. The van der Waals surface area contributed by atoms with E-state index in [-0.39, 0.29) is 0 Å². The van der Waals surface area contributed by atoms with Crippen LogP contribution in [0.2, 0.25) is 0 Å². The van der Waals surface area contributed by atoms with Crippen molar-refractivity contribution in [2.24, 2.45) is 0 Å². The number of halogens is 1. The zero-order valence-corrected chi connectivity index (χ0v) is 13.8. The molecule has 3 nitrogen and oxygen atoms in total. The second kappa shape index (κ2) is 5.98. The average Bonchev–Trinajstić information content (AvgIpc) is 2.93. The Morgan fingerprint density at radius 3 is 2.90 bits per heavy atom.